The van der Waals surface area contributed by atoms with Gasteiger partial charge in [-0.1, -0.05) is 86.5 Å². The first-order valence-electron chi connectivity index (χ1n) is 13.5. The number of rotatable bonds is 1. The van der Waals surface area contributed by atoms with Crippen LogP contribution < -0.4 is 26.2 Å². The van der Waals surface area contributed by atoms with Crippen molar-refractivity contribution in [3.63, 3.8) is 0 Å². The molecule has 1 fully saturated rings. The Morgan fingerprint density at radius 1 is 0.694 bits per heavy atom. The molecule has 2 atom stereocenters. The SMILES string of the molecule is CN1c2cc(-c3ccccc3)ccc2B2c3cccc4c3N(c3cccc1c32)C1(C)CCCCC41C. The van der Waals surface area contributed by atoms with Gasteiger partial charge in [0.25, 0.3) is 6.71 Å². The van der Waals surface area contributed by atoms with Gasteiger partial charge in [-0.2, -0.15) is 0 Å². The highest BCUT2D eigenvalue weighted by molar-refractivity contribution is 7.00. The summed E-state index contributed by atoms with van der Waals surface area (Å²) in [5.41, 5.74) is 14.4. The zero-order valence-corrected chi connectivity index (χ0v) is 21.4. The maximum Gasteiger partial charge on any atom is 0.252 e. The fourth-order valence-corrected chi connectivity index (χ4v) is 8.22. The van der Waals surface area contributed by atoms with E-state index in [4.69, 9.17) is 0 Å². The van der Waals surface area contributed by atoms with E-state index in [0.717, 1.165) is 0 Å². The van der Waals surface area contributed by atoms with Crippen molar-refractivity contribution in [2.75, 3.05) is 16.8 Å². The monoisotopic (exact) mass is 466 g/mol. The first-order chi connectivity index (χ1) is 17.5. The number of hydrogen-bond donors (Lipinski definition) is 0. The minimum absolute atomic E-state index is 0.111. The van der Waals surface area contributed by atoms with Gasteiger partial charge < -0.3 is 9.80 Å². The highest BCUT2D eigenvalue weighted by Crippen LogP contribution is 2.61. The molecule has 0 amide bonds. The molecule has 36 heavy (non-hydrogen) atoms. The Hall–Kier alpha value is -3.46. The van der Waals surface area contributed by atoms with Gasteiger partial charge in [0.15, 0.2) is 0 Å². The topological polar surface area (TPSA) is 6.48 Å². The third-order valence-electron chi connectivity index (χ3n) is 10.2. The van der Waals surface area contributed by atoms with Gasteiger partial charge in [0, 0.05) is 35.2 Å². The molecule has 4 aromatic carbocycles. The maximum absolute atomic E-state index is 2.78. The minimum Gasteiger partial charge on any atom is -0.345 e. The maximum atomic E-state index is 2.78. The molecule has 2 unspecified atom stereocenters. The number of para-hydroxylation sites is 1. The van der Waals surface area contributed by atoms with Gasteiger partial charge in [-0.15, -0.1) is 0 Å². The molecule has 176 valence electrons. The summed E-state index contributed by atoms with van der Waals surface area (Å²) in [6.45, 7) is 5.36. The van der Waals surface area contributed by atoms with Crippen LogP contribution in [0.2, 0.25) is 0 Å². The first-order valence-corrected chi connectivity index (χ1v) is 13.5. The highest BCUT2D eigenvalue weighted by Gasteiger charge is 2.60. The van der Waals surface area contributed by atoms with E-state index in [1.165, 1.54) is 75.9 Å². The number of nitrogens with zero attached hydrogens (tertiary/aromatic N) is 2. The van der Waals surface area contributed by atoms with E-state index >= 15 is 0 Å². The van der Waals surface area contributed by atoms with E-state index in [1.54, 1.807) is 5.56 Å². The van der Waals surface area contributed by atoms with Crippen molar-refractivity contribution in [1.29, 1.82) is 0 Å². The molecule has 4 aromatic rings. The van der Waals surface area contributed by atoms with Crippen LogP contribution in [0.25, 0.3) is 11.1 Å². The molecule has 3 heterocycles. The average molecular weight is 466 g/mol. The number of hydrogen-bond acceptors (Lipinski definition) is 2. The summed E-state index contributed by atoms with van der Waals surface area (Å²) in [5, 5.41) is 0. The molecule has 0 saturated heterocycles. The normalized spacial score (nSPS) is 24.7. The predicted molar refractivity (Wildman–Crippen MR) is 154 cm³/mol. The van der Waals surface area contributed by atoms with Crippen LogP contribution in [0.15, 0.2) is 84.9 Å². The summed E-state index contributed by atoms with van der Waals surface area (Å²) in [5.74, 6) is 0. The smallest absolute Gasteiger partial charge is 0.252 e. The molecule has 0 radical (unpaired) electrons. The predicted octanol–water partition coefficient (Wildman–Crippen LogP) is 6.01. The number of anilines is 4. The van der Waals surface area contributed by atoms with E-state index in [0.29, 0.717) is 0 Å². The standard InChI is InChI=1S/C33H31BN2/c1-32-19-7-8-20-33(32,2)36-28-16-10-15-27-30(28)34(26-14-9-13-24(32)31(26)36)25-18-17-23(21-29(25)35(27)3)22-11-5-4-6-12-22/h4-6,9-18,21H,7-8,19-20H2,1-3H3. The number of fused-ring (bicyclic) bond motifs is 7. The van der Waals surface area contributed by atoms with Crippen molar-refractivity contribution in [1.82, 2.24) is 0 Å². The molecule has 1 saturated carbocycles. The molecule has 2 nitrogen and oxygen atoms in total. The molecule has 3 heteroatoms. The van der Waals surface area contributed by atoms with Crippen LogP contribution in [-0.2, 0) is 5.41 Å². The molecular weight excluding hydrogens is 435 g/mol. The van der Waals surface area contributed by atoms with Gasteiger partial charge >= 0.3 is 0 Å². The zero-order chi connectivity index (χ0) is 24.2. The Balaban J connectivity index is 1.42. The van der Waals surface area contributed by atoms with E-state index in [1.807, 2.05) is 0 Å². The lowest BCUT2D eigenvalue weighted by atomic mass is 9.33. The zero-order valence-electron chi connectivity index (χ0n) is 21.4. The second-order valence-corrected chi connectivity index (χ2v) is 11.7. The fraction of sp³-hybridized carbons (Fsp3) is 0.273. The van der Waals surface area contributed by atoms with Crippen LogP contribution in [0.4, 0.5) is 22.7 Å². The first kappa shape index (κ1) is 20.7. The van der Waals surface area contributed by atoms with Gasteiger partial charge in [0.05, 0.1) is 5.54 Å². The van der Waals surface area contributed by atoms with Crippen LogP contribution in [0, 0.1) is 0 Å². The van der Waals surface area contributed by atoms with Crippen molar-refractivity contribution < 1.29 is 0 Å². The molecule has 0 aromatic heterocycles. The number of benzene rings is 4. The summed E-state index contributed by atoms with van der Waals surface area (Å²) >= 11 is 0. The van der Waals surface area contributed by atoms with Gasteiger partial charge in [-0.05, 0) is 71.0 Å². The summed E-state index contributed by atoms with van der Waals surface area (Å²) in [6.07, 6.45) is 5.16. The Labute approximate surface area is 214 Å². The van der Waals surface area contributed by atoms with Gasteiger partial charge in [-0.3, -0.25) is 0 Å². The summed E-state index contributed by atoms with van der Waals surface area (Å²) in [4.78, 5) is 5.22. The van der Waals surface area contributed by atoms with E-state index in [-0.39, 0.29) is 17.7 Å². The van der Waals surface area contributed by atoms with Crippen molar-refractivity contribution in [3.05, 3.63) is 90.5 Å². The molecule has 8 rings (SSSR count). The van der Waals surface area contributed by atoms with Crippen LogP contribution >= 0.6 is 0 Å². The second-order valence-electron chi connectivity index (χ2n) is 11.7. The highest BCUT2D eigenvalue weighted by atomic mass is 15.3. The minimum atomic E-state index is 0.111. The molecule has 4 aliphatic rings. The molecule has 0 spiro atoms. The van der Waals surface area contributed by atoms with Crippen LogP contribution in [-0.4, -0.2) is 19.3 Å². The van der Waals surface area contributed by atoms with Gasteiger partial charge in [-0.25, -0.2) is 0 Å². The summed E-state index contributed by atoms with van der Waals surface area (Å²) in [6, 6.07) is 32.1. The van der Waals surface area contributed by atoms with Crippen LogP contribution in [0.5, 0.6) is 0 Å². The average Bonchev–Trinajstić information content (AvgIpc) is 3.13. The van der Waals surface area contributed by atoms with Crippen LogP contribution in [0.1, 0.15) is 45.1 Å². The van der Waals surface area contributed by atoms with Crippen molar-refractivity contribution in [3.8, 4) is 11.1 Å². The van der Waals surface area contributed by atoms with Gasteiger partial charge in [0.1, 0.15) is 0 Å². The Morgan fingerprint density at radius 3 is 2.33 bits per heavy atom. The van der Waals surface area contributed by atoms with Crippen molar-refractivity contribution >= 4 is 45.9 Å². The fourth-order valence-electron chi connectivity index (χ4n) is 8.22. The third kappa shape index (κ3) is 2.31. The molecular formula is C33H31BN2. The van der Waals surface area contributed by atoms with E-state index in [9.17, 15) is 0 Å². The van der Waals surface area contributed by atoms with Crippen LogP contribution in [0.3, 0.4) is 0 Å². The quantitative estimate of drug-likeness (QED) is 0.317. The lowest BCUT2D eigenvalue weighted by Gasteiger charge is -2.52. The van der Waals surface area contributed by atoms with Gasteiger partial charge in [0.2, 0.25) is 0 Å². The molecule has 0 N–H and O–H groups in total. The largest absolute Gasteiger partial charge is 0.345 e. The summed E-state index contributed by atoms with van der Waals surface area (Å²) < 4.78 is 0. The Kier molecular flexibility index (Phi) is 3.94. The van der Waals surface area contributed by atoms with E-state index in [2.05, 4.69) is 116 Å². The lowest BCUT2D eigenvalue weighted by molar-refractivity contribution is 0.195. The van der Waals surface area contributed by atoms with E-state index < -0.39 is 0 Å². The Bertz CT molecular complexity index is 1560. The molecule has 1 aliphatic carbocycles. The summed E-state index contributed by atoms with van der Waals surface area (Å²) in [7, 11) is 2.25. The third-order valence-corrected chi connectivity index (χ3v) is 10.2. The molecule has 0 bridgehead atoms. The Morgan fingerprint density at radius 2 is 1.47 bits per heavy atom. The van der Waals surface area contributed by atoms with Crippen molar-refractivity contribution in [2.24, 2.45) is 0 Å². The lowest BCUT2D eigenvalue weighted by Crippen LogP contribution is -2.64. The molecule has 3 aliphatic heterocycles. The van der Waals surface area contributed by atoms with Crippen molar-refractivity contribution in [2.45, 2.75) is 50.5 Å². The second kappa shape index (κ2) is 6.85.